The number of hydrogen-bond acceptors (Lipinski definition) is 7. The van der Waals surface area contributed by atoms with Crippen LogP contribution in [0.2, 0.25) is 0 Å². The van der Waals surface area contributed by atoms with Crippen LogP contribution in [0, 0.1) is 0 Å². The van der Waals surface area contributed by atoms with Crippen molar-refractivity contribution in [2.75, 3.05) is 25.2 Å². The first-order valence-corrected chi connectivity index (χ1v) is 10.8. The van der Waals surface area contributed by atoms with Crippen LogP contribution >= 0.6 is 23.1 Å². The third-order valence-corrected chi connectivity index (χ3v) is 7.10. The predicted molar refractivity (Wildman–Crippen MR) is 101 cm³/mol. The quantitative estimate of drug-likeness (QED) is 0.685. The molecule has 0 saturated heterocycles. The van der Waals surface area contributed by atoms with Crippen LogP contribution in [0.15, 0.2) is 33.5 Å². The second kappa shape index (κ2) is 8.75. The first-order valence-electron chi connectivity index (χ1n) is 7.60. The number of carbonyl (C=O) groups excluding carboxylic acids is 1. The van der Waals surface area contributed by atoms with Gasteiger partial charge in [0.05, 0.1) is 10.6 Å². The highest BCUT2D eigenvalue weighted by atomic mass is 32.2. The van der Waals surface area contributed by atoms with Crippen LogP contribution in [0.1, 0.15) is 18.4 Å². The van der Waals surface area contributed by atoms with Gasteiger partial charge in [0.15, 0.2) is 4.34 Å². The molecule has 1 amide bonds. The third-order valence-electron chi connectivity index (χ3n) is 3.16. The summed E-state index contributed by atoms with van der Waals surface area (Å²) in [6.45, 7) is 2.08. The second-order valence-electron chi connectivity index (χ2n) is 5.36. The first-order chi connectivity index (χ1) is 11.8. The number of hydrogen-bond donors (Lipinski definition) is 1. The molecule has 0 aliphatic heterocycles. The van der Waals surface area contributed by atoms with Crippen LogP contribution in [0.3, 0.4) is 0 Å². The van der Waals surface area contributed by atoms with Crippen molar-refractivity contribution in [3.63, 3.8) is 0 Å². The number of rotatable bonds is 8. The van der Waals surface area contributed by atoms with Gasteiger partial charge < -0.3 is 5.32 Å². The van der Waals surface area contributed by atoms with Crippen molar-refractivity contribution < 1.29 is 13.2 Å². The van der Waals surface area contributed by atoms with Gasteiger partial charge >= 0.3 is 0 Å². The van der Waals surface area contributed by atoms with E-state index >= 15 is 0 Å². The van der Waals surface area contributed by atoms with Gasteiger partial charge in [0.2, 0.25) is 15.9 Å². The highest BCUT2D eigenvalue weighted by Gasteiger charge is 2.16. The second-order valence-corrected chi connectivity index (χ2v) is 9.80. The van der Waals surface area contributed by atoms with Gasteiger partial charge in [-0.05, 0) is 30.7 Å². The average Bonchev–Trinajstić information content (AvgIpc) is 3.01. The molecule has 7 nitrogen and oxygen atoms in total. The highest BCUT2D eigenvalue weighted by molar-refractivity contribution is 8.01. The lowest BCUT2D eigenvalue weighted by molar-refractivity contribution is -0.113. The van der Waals surface area contributed by atoms with Gasteiger partial charge in [0.25, 0.3) is 0 Å². The molecule has 0 bridgehead atoms. The zero-order valence-corrected chi connectivity index (χ0v) is 16.7. The van der Waals surface area contributed by atoms with Crippen molar-refractivity contribution in [2.24, 2.45) is 0 Å². The number of nitrogens with one attached hydrogen (secondary N) is 1. The lowest BCUT2D eigenvalue weighted by atomic mass is 10.3. The van der Waals surface area contributed by atoms with Gasteiger partial charge in [-0.1, -0.05) is 30.0 Å². The Kier molecular flexibility index (Phi) is 6.94. The van der Waals surface area contributed by atoms with Crippen LogP contribution in [0.25, 0.3) is 0 Å². The van der Waals surface area contributed by atoms with Crippen molar-refractivity contribution in [1.82, 2.24) is 14.5 Å². The Morgan fingerprint density at radius 3 is 2.52 bits per heavy atom. The Hall–Kier alpha value is -1.49. The summed E-state index contributed by atoms with van der Waals surface area (Å²) < 4.78 is 25.9. The van der Waals surface area contributed by atoms with Crippen molar-refractivity contribution in [1.29, 1.82) is 0 Å². The van der Waals surface area contributed by atoms with Gasteiger partial charge in [-0.25, -0.2) is 12.7 Å². The van der Waals surface area contributed by atoms with Gasteiger partial charge in [-0.15, -0.1) is 10.2 Å². The fourth-order valence-electron chi connectivity index (χ4n) is 1.86. The molecule has 0 fully saturated rings. The van der Waals surface area contributed by atoms with Crippen LogP contribution in [0.4, 0.5) is 5.69 Å². The molecule has 1 aromatic heterocycles. The van der Waals surface area contributed by atoms with E-state index in [0.29, 0.717) is 5.69 Å². The Bertz CT molecular complexity index is 817. The minimum Gasteiger partial charge on any atom is -0.325 e. The standard InChI is InChI=1S/C15H20N4O3S3/c1-4-5-14-17-18-15(24-14)23-10-13(20)16-11-6-8-12(9-7-11)25(21,22)19(2)3/h6-9H,4-5,10H2,1-3H3,(H,16,20). The first kappa shape index (κ1) is 19.8. The van der Waals surface area contributed by atoms with Crippen molar-refractivity contribution >= 4 is 44.7 Å². The van der Waals surface area contributed by atoms with Gasteiger partial charge in [0, 0.05) is 26.2 Å². The topological polar surface area (TPSA) is 92.3 Å². The van der Waals surface area contributed by atoms with Gasteiger partial charge in [0.1, 0.15) is 5.01 Å². The molecule has 25 heavy (non-hydrogen) atoms. The van der Waals surface area contributed by atoms with E-state index in [2.05, 4.69) is 22.4 Å². The van der Waals surface area contributed by atoms with E-state index in [9.17, 15) is 13.2 Å². The summed E-state index contributed by atoms with van der Waals surface area (Å²) in [5.41, 5.74) is 0.548. The summed E-state index contributed by atoms with van der Waals surface area (Å²) in [6.07, 6.45) is 1.91. The molecule has 0 spiro atoms. The normalized spacial score (nSPS) is 11.7. The molecule has 0 saturated carbocycles. The van der Waals surface area contributed by atoms with E-state index in [1.54, 1.807) is 12.1 Å². The minimum absolute atomic E-state index is 0.180. The number of aromatic nitrogens is 2. The maximum Gasteiger partial charge on any atom is 0.242 e. The summed E-state index contributed by atoms with van der Waals surface area (Å²) in [6, 6.07) is 6.09. The zero-order valence-electron chi connectivity index (χ0n) is 14.2. The van der Waals surface area contributed by atoms with E-state index in [-0.39, 0.29) is 16.6 Å². The Balaban J connectivity index is 1.90. The number of sulfonamides is 1. The number of anilines is 1. The van der Waals surface area contributed by atoms with Crippen molar-refractivity contribution in [3.05, 3.63) is 29.3 Å². The zero-order chi connectivity index (χ0) is 18.4. The number of benzene rings is 1. The number of amides is 1. The predicted octanol–water partition coefficient (Wildman–Crippen LogP) is 2.47. The number of thioether (sulfide) groups is 1. The van der Waals surface area contributed by atoms with E-state index in [0.717, 1.165) is 26.5 Å². The molecular formula is C15H20N4O3S3. The lowest BCUT2D eigenvalue weighted by Gasteiger charge is -2.11. The molecule has 1 N–H and O–H groups in total. The summed E-state index contributed by atoms with van der Waals surface area (Å²) in [5, 5.41) is 11.8. The van der Waals surface area contributed by atoms with E-state index < -0.39 is 10.0 Å². The number of nitrogens with zero attached hydrogens (tertiary/aromatic N) is 3. The molecule has 0 aliphatic rings. The molecule has 10 heteroatoms. The third kappa shape index (κ3) is 5.50. The fraction of sp³-hybridized carbons (Fsp3) is 0.400. The van der Waals surface area contributed by atoms with Crippen molar-refractivity contribution in [2.45, 2.75) is 29.0 Å². The Morgan fingerprint density at radius 2 is 1.92 bits per heavy atom. The number of carbonyl (C=O) groups is 1. The highest BCUT2D eigenvalue weighted by Crippen LogP contribution is 2.23. The largest absolute Gasteiger partial charge is 0.325 e. The summed E-state index contributed by atoms with van der Waals surface area (Å²) >= 11 is 2.84. The Morgan fingerprint density at radius 1 is 1.24 bits per heavy atom. The van der Waals surface area contributed by atoms with Crippen molar-refractivity contribution in [3.8, 4) is 0 Å². The smallest absolute Gasteiger partial charge is 0.242 e. The molecule has 0 unspecified atom stereocenters. The number of aryl methyl sites for hydroxylation is 1. The van der Waals surface area contributed by atoms with E-state index in [1.807, 2.05) is 0 Å². The Labute approximate surface area is 155 Å². The molecular weight excluding hydrogens is 380 g/mol. The SMILES string of the molecule is CCCc1nnc(SCC(=O)Nc2ccc(S(=O)(=O)N(C)C)cc2)s1. The molecule has 136 valence electrons. The molecule has 0 radical (unpaired) electrons. The minimum atomic E-state index is -3.47. The molecule has 0 atom stereocenters. The molecule has 1 aromatic carbocycles. The van der Waals surface area contributed by atoms with Crippen LogP contribution in [0.5, 0.6) is 0 Å². The lowest BCUT2D eigenvalue weighted by Crippen LogP contribution is -2.22. The summed E-state index contributed by atoms with van der Waals surface area (Å²) in [7, 11) is -0.521. The van der Waals surface area contributed by atoms with Crippen LogP contribution in [-0.2, 0) is 21.2 Å². The van der Waals surface area contributed by atoms with Crippen LogP contribution in [-0.4, -0.2) is 48.7 Å². The van der Waals surface area contributed by atoms with Gasteiger partial charge in [-0.2, -0.15) is 0 Å². The van der Waals surface area contributed by atoms with E-state index in [4.69, 9.17) is 0 Å². The average molecular weight is 401 g/mol. The summed E-state index contributed by atoms with van der Waals surface area (Å²) in [5.74, 6) is 0.0406. The van der Waals surface area contributed by atoms with Gasteiger partial charge in [-0.3, -0.25) is 4.79 Å². The molecule has 0 aliphatic carbocycles. The maximum atomic E-state index is 12.0. The van der Waals surface area contributed by atoms with E-state index in [1.165, 1.54) is 49.3 Å². The van der Waals surface area contributed by atoms with Crippen LogP contribution < -0.4 is 5.32 Å². The molecule has 2 aromatic rings. The fourth-order valence-corrected chi connectivity index (χ4v) is 4.56. The monoisotopic (exact) mass is 400 g/mol. The molecule has 1 heterocycles. The molecule has 2 rings (SSSR count). The maximum absolute atomic E-state index is 12.0. The summed E-state index contributed by atoms with van der Waals surface area (Å²) in [4.78, 5) is 12.2.